The summed E-state index contributed by atoms with van der Waals surface area (Å²) in [5.74, 6) is 0.990. The average Bonchev–Trinajstić information content (AvgIpc) is 3.25. The number of methoxy groups -OCH3 is 2. The highest BCUT2D eigenvalue weighted by molar-refractivity contribution is 9.10. The number of nitrogens with one attached hydrogen (secondary N) is 2. The molecule has 0 unspecified atom stereocenters. The number of amides is 1. The predicted molar refractivity (Wildman–Crippen MR) is 124 cm³/mol. The van der Waals surface area contributed by atoms with E-state index in [0.29, 0.717) is 28.7 Å². The molecule has 2 aromatic carbocycles. The van der Waals surface area contributed by atoms with Crippen LogP contribution in [0.25, 0.3) is 0 Å². The number of aromatic nitrogens is 1. The first-order valence-electron chi connectivity index (χ1n) is 9.05. The van der Waals surface area contributed by atoms with Crippen LogP contribution in [0.2, 0.25) is 0 Å². The van der Waals surface area contributed by atoms with Gasteiger partial charge in [0.05, 0.1) is 19.1 Å². The van der Waals surface area contributed by atoms with Gasteiger partial charge in [0.15, 0.2) is 16.6 Å². The van der Waals surface area contributed by atoms with Crippen molar-refractivity contribution < 1.29 is 22.7 Å². The first kappa shape index (κ1) is 23.0. The minimum atomic E-state index is -3.73. The van der Waals surface area contributed by atoms with Crippen molar-refractivity contribution in [1.82, 2.24) is 4.98 Å². The fraction of sp³-hybridized carbons (Fsp3) is 0.200. The van der Waals surface area contributed by atoms with Gasteiger partial charge in [-0.2, -0.15) is 0 Å². The van der Waals surface area contributed by atoms with Gasteiger partial charge in [0.2, 0.25) is 5.91 Å². The van der Waals surface area contributed by atoms with E-state index in [1.54, 1.807) is 37.8 Å². The van der Waals surface area contributed by atoms with Gasteiger partial charge in [-0.3, -0.25) is 9.52 Å². The topological polar surface area (TPSA) is 107 Å². The van der Waals surface area contributed by atoms with Gasteiger partial charge in [-0.05, 0) is 48.4 Å². The van der Waals surface area contributed by atoms with Crippen molar-refractivity contribution in [3.63, 3.8) is 0 Å². The Labute approximate surface area is 192 Å². The zero-order chi connectivity index (χ0) is 22.4. The summed E-state index contributed by atoms with van der Waals surface area (Å²) in [5.41, 5.74) is 1.41. The average molecular weight is 526 g/mol. The number of hydrogen-bond donors (Lipinski definition) is 2. The number of halogens is 1. The van der Waals surface area contributed by atoms with Gasteiger partial charge in [-0.15, -0.1) is 11.3 Å². The lowest BCUT2D eigenvalue weighted by Crippen LogP contribution is -2.14. The van der Waals surface area contributed by atoms with Crippen LogP contribution >= 0.6 is 27.3 Å². The Morgan fingerprint density at radius 1 is 1.13 bits per heavy atom. The normalized spacial score (nSPS) is 11.1. The quantitative estimate of drug-likeness (QED) is 0.431. The van der Waals surface area contributed by atoms with E-state index in [9.17, 15) is 13.2 Å². The van der Waals surface area contributed by atoms with Gasteiger partial charge in [0.1, 0.15) is 0 Å². The molecule has 0 aliphatic carbocycles. The number of aryl methyl sites for hydroxylation is 1. The van der Waals surface area contributed by atoms with Crippen molar-refractivity contribution in [2.75, 3.05) is 24.3 Å². The monoisotopic (exact) mass is 525 g/mol. The molecule has 0 spiro atoms. The second-order valence-electron chi connectivity index (χ2n) is 6.31. The number of thiazole rings is 1. The molecule has 1 heterocycles. The van der Waals surface area contributed by atoms with Crippen LogP contribution < -0.4 is 19.5 Å². The number of carbonyl (C=O) groups is 1. The minimum Gasteiger partial charge on any atom is -0.493 e. The van der Waals surface area contributed by atoms with Crippen LogP contribution in [0.3, 0.4) is 0 Å². The van der Waals surface area contributed by atoms with E-state index in [0.717, 1.165) is 10.0 Å². The van der Waals surface area contributed by atoms with Crippen LogP contribution in [0, 0.1) is 0 Å². The standard InChI is InChI=1S/C20H20BrN3O5S2/c1-28-17-11-13(16(21)12-18(17)29-2)3-8-19(25)23-14-4-6-15(7-5-14)31(26,27)24-20-22-9-10-30-20/h4-7,9-12H,3,8H2,1-2H3,(H,22,24)(H,23,25). The SMILES string of the molecule is COc1cc(Br)c(CCC(=O)Nc2ccc(S(=O)(=O)Nc3nccs3)cc2)cc1OC. The number of nitrogens with zero attached hydrogens (tertiary/aromatic N) is 1. The summed E-state index contributed by atoms with van der Waals surface area (Å²) in [6.07, 6.45) is 2.23. The van der Waals surface area contributed by atoms with Gasteiger partial charge >= 0.3 is 0 Å². The van der Waals surface area contributed by atoms with E-state index in [1.807, 2.05) is 6.07 Å². The van der Waals surface area contributed by atoms with E-state index in [2.05, 4.69) is 31.0 Å². The second kappa shape index (κ2) is 10.1. The van der Waals surface area contributed by atoms with Crippen LogP contribution in [-0.4, -0.2) is 33.5 Å². The maximum absolute atomic E-state index is 12.4. The molecule has 0 fully saturated rings. The molecule has 11 heteroatoms. The smallest absolute Gasteiger partial charge is 0.263 e. The first-order chi connectivity index (χ1) is 14.8. The summed E-state index contributed by atoms with van der Waals surface area (Å²) in [6.45, 7) is 0. The third kappa shape index (κ3) is 5.96. The van der Waals surface area contributed by atoms with E-state index in [4.69, 9.17) is 9.47 Å². The molecule has 0 aliphatic heterocycles. The van der Waals surface area contributed by atoms with Crippen LogP contribution in [0.5, 0.6) is 11.5 Å². The zero-order valence-electron chi connectivity index (χ0n) is 16.7. The minimum absolute atomic E-state index is 0.0787. The van der Waals surface area contributed by atoms with Crippen molar-refractivity contribution in [2.45, 2.75) is 17.7 Å². The van der Waals surface area contributed by atoms with Crippen molar-refractivity contribution in [1.29, 1.82) is 0 Å². The molecule has 0 atom stereocenters. The number of carbonyl (C=O) groups excluding carboxylic acids is 1. The predicted octanol–water partition coefficient (Wildman–Crippen LogP) is 4.29. The third-order valence-corrected chi connectivity index (χ3v) is 7.19. The molecule has 8 nitrogen and oxygen atoms in total. The maximum atomic E-state index is 12.4. The van der Waals surface area contributed by atoms with Crippen LogP contribution in [0.15, 0.2) is 57.3 Å². The Hall–Kier alpha value is -2.63. The molecule has 1 amide bonds. The van der Waals surface area contributed by atoms with Gasteiger partial charge in [0.25, 0.3) is 10.0 Å². The molecule has 0 radical (unpaired) electrons. The van der Waals surface area contributed by atoms with E-state index in [-0.39, 0.29) is 17.2 Å². The molecule has 0 aliphatic rings. The van der Waals surface area contributed by atoms with Crippen molar-refractivity contribution >= 4 is 54.0 Å². The Morgan fingerprint density at radius 3 is 2.42 bits per heavy atom. The van der Waals surface area contributed by atoms with Crippen molar-refractivity contribution in [3.8, 4) is 11.5 Å². The molecule has 1 aromatic heterocycles. The Kier molecular flexibility index (Phi) is 7.52. The first-order valence-corrected chi connectivity index (χ1v) is 12.2. The zero-order valence-corrected chi connectivity index (χ0v) is 19.9. The molecule has 164 valence electrons. The number of hydrogen-bond acceptors (Lipinski definition) is 7. The highest BCUT2D eigenvalue weighted by Gasteiger charge is 2.16. The molecule has 2 N–H and O–H groups in total. The second-order valence-corrected chi connectivity index (χ2v) is 9.75. The number of benzene rings is 2. The van der Waals surface area contributed by atoms with Gasteiger partial charge < -0.3 is 14.8 Å². The Morgan fingerprint density at radius 2 is 1.81 bits per heavy atom. The van der Waals surface area contributed by atoms with Crippen molar-refractivity contribution in [3.05, 3.63) is 58.0 Å². The highest BCUT2D eigenvalue weighted by Crippen LogP contribution is 2.33. The lowest BCUT2D eigenvalue weighted by Gasteiger charge is -2.12. The molecule has 31 heavy (non-hydrogen) atoms. The Bertz CT molecular complexity index is 1150. The van der Waals surface area contributed by atoms with Crippen molar-refractivity contribution in [2.24, 2.45) is 0 Å². The summed E-state index contributed by atoms with van der Waals surface area (Å²) in [7, 11) is -0.621. The molecule has 0 saturated carbocycles. The van der Waals surface area contributed by atoms with E-state index < -0.39 is 10.0 Å². The summed E-state index contributed by atoms with van der Waals surface area (Å²) >= 11 is 4.67. The van der Waals surface area contributed by atoms with Crippen LogP contribution in [0.1, 0.15) is 12.0 Å². The fourth-order valence-electron chi connectivity index (χ4n) is 2.72. The lowest BCUT2D eigenvalue weighted by molar-refractivity contribution is -0.116. The van der Waals surface area contributed by atoms with Crippen LogP contribution in [0.4, 0.5) is 10.8 Å². The summed E-state index contributed by atoms with van der Waals surface area (Å²) in [6, 6.07) is 9.56. The number of anilines is 2. The number of rotatable bonds is 9. The molecular formula is C20H20BrN3O5S2. The summed E-state index contributed by atoms with van der Waals surface area (Å²) < 4.78 is 38.5. The molecular weight excluding hydrogens is 506 g/mol. The lowest BCUT2D eigenvalue weighted by atomic mass is 10.1. The molecule has 0 bridgehead atoms. The maximum Gasteiger partial charge on any atom is 0.263 e. The van der Waals surface area contributed by atoms with Gasteiger partial charge in [-0.1, -0.05) is 15.9 Å². The number of sulfonamides is 1. The van der Waals surface area contributed by atoms with Crippen LogP contribution in [-0.2, 0) is 21.2 Å². The Balaban J connectivity index is 1.60. The van der Waals surface area contributed by atoms with E-state index >= 15 is 0 Å². The third-order valence-electron chi connectivity index (χ3n) is 4.28. The van der Waals surface area contributed by atoms with Gasteiger partial charge in [0, 0.05) is 28.2 Å². The van der Waals surface area contributed by atoms with E-state index in [1.165, 1.54) is 29.7 Å². The molecule has 0 saturated heterocycles. The summed E-state index contributed by atoms with van der Waals surface area (Å²) in [5, 5.41) is 4.74. The highest BCUT2D eigenvalue weighted by atomic mass is 79.9. The van der Waals surface area contributed by atoms with Gasteiger partial charge in [-0.25, -0.2) is 13.4 Å². The number of ether oxygens (including phenoxy) is 2. The molecule has 3 rings (SSSR count). The fourth-order valence-corrected chi connectivity index (χ4v) is 5.03. The summed E-state index contributed by atoms with van der Waals surface area (Å²) in [4.78, 5) is 16.3. The largest absolute Gasteiger partial charge is 0.493 e. The molecule has 3 aromatic rings.